The van der Waals surface area contributed by atoms with Crippen LogP contribution in [0.4, 0.5) is 22.6 Å². The Morgan fingerprint density at radius 3 is 2.33 bits per heavy atom. The predicted molar refractivity (Wildman–Crippen MR) is 135 cm³/mol. The zero-order chi connectivity index (χ0) is 28.3. The number of anilines is 1. The number of carboxylic acids is 1. The third-order valence-corrected chi connectivity index (χ3v) is 7.55. The summed E-state index contributed by atoms with van der Waals surface area (Å²) in [7, 11) is 0. The van der Waals surface area contributed by atoms with Crippen molar-refractivity contribution in [3.63, 3.8) is 0 Å². The number of hydrogen-bond donors (Lipinski definition) is 2. The second-order valence-corrected chi connectivity index (χ2v) is 10.1. The fourth-order valence-corrected chi connectivity index (χ4v) is 5.58. The van der Waals surface area contributed by atoms with Gasteiger partial charge in [-0.15, -0.1) is 24.5 Å². The number of nitrogens with one attached hydrogen (secondary N) is 1. The van der Waals surface area contributed by atoms with Crippen LogP contribution >= 0.6 is 11.3 Å². The first-order chi connectivity index (χ1) is 18.4. The number of rotatable bonds is 9. The highest BCUT2D eigenvalue weighted by molar-refractivity contribution is 7.16. The third-order valence-electron chi connectivity index (χ3n) is 6.36. The monoisotopic (exact) mass is 564 g/mol. The summed E-state index contributed by atoms with van der Waals surface area (Å²) in [6.07, 6.45) is -3.52. The van der Waals surface area contributed by atoms with Crippen molar-refractivity contribution >= 4 is 34.0 Å². The van der Waals surface area contributed by atoms with Gasteiger partial charge in [0.05, 0.1) is 12.1 Å². The molecule has 2 N–H and O–H groups in total. The maximum Gasteiger partial charge on any atom is 0.573 e. The number of amides is 1. The molecule has 7 nitrogen and oxygen atoms in total. The largest absolute Gasteiger partial charge is 0.573 e. The minimum atomic E-state index is -4.86. The Morgan fingerprint density at radius 2 is 1.74 bits per heavy atom. The average Bonchev–Trinajstić information content (AvgIpc) is 3.48. The van der Waals surface area contributed by atoms with Gasteiger partial charge in [-0.05, 0) is 67.3 Å². The number of carboxylic acid groups (broad SMARTS) is 1. The zero-order valence-electron chi connectivity index (χ0n) is 20.6. The van der Waals surface area contributed by atoms with E-state index in [9.17, 15) is 37.1 Å². The number of carbonyl (C=O) groups is 3. The van der Waals surface area contributed by atoms with E-state index in [0.717, 1.165) is 17.0 Å². The van der Waals surface area contributed by atoms with Crippen molar-refractivity contribution in [3.05, 3.63) is 82.0 Å². The van der Waals surface area contributed by atoms with Crippen LogP contribution in [0.1, 0.15) is 52.2 Å². The van der Waals surface area contributed by atoms with Crippen molar-refractivity contribution in [2.24, 2.45) is 0 Å². The number of hydrogen-bond acceptors (Lipinski definition) is 6. The summed E-state index contributed by atoms with van der Waals surface area (Å²) < 4.78 is 54.6. The first kappa shape index (κ1) is 28.2. The van der Waals surface area contributed by atoms with Crippen LogP contribution in [0.5, 0.6) is 5.75 Å². The topological polar surface area (TPSA) is 95.9 Å². The van der Waals surface area contributed by atoms with Crippen LogP contribution < -0.4 is 10.1 Å². The van der Waals surface area contributed by atoms with Crippen molar-refractivity contribution in [1.82, 2.24) is 4.90 Å². The Bertz CT molecular complexity index is 1360. The van der Waals surface area contributed by atoms with E-state index in [1.165, 1.54) is 35.6 Å². The van der Waals surface area contributed by atoms with E-state index in [4.69, 9.17) is 0 Å². The van der Waals surface area contributed by atoms with Crippen LogP contribution in [0.25, 0.3) is 0 Å². The Hall–Kier alpha value is -3.77. The molecule has 2 atom stereocenters. The van der Waals surface area contributed by atoms with Gasteiger partial charge in [0, 0.05) is 16.5 Å². The molecule has 0 aliphatic carbocycles. The van der Waals surface area contributed by atoms with Gasteiger partial charge in [0.15, 0.2) is 5.78 Å². The number of thiophene rings is 1. The highest BCUT2D eigenvalue weighted by Crippen LogP contribution is 2.37. The lowest BCUT2D eigenvalue weighted by Gasteiger charge is -2.27. The Kier molecular flexibility index (Phi) is 8.36. The second-order valence-electron chi connectivity index (χ2n) is 8.93. The van der Waals surface area contributed by atoms with Crippen molar-refractivity contribution in [2.45, 2.75) is 44.6 Å². The minimum Gasteiger partial charge on any atom is -0.480 e. The number of benzene rings is 2. The Labute approximate surface area is 225 Å². The summed E-state index contributed by atoms with van der Waals surface area (Å²) in [6.45, 7) is 1.58. The SMILES string of the molecule is CCc1cc(C(=O)c2ccc(OC(F)(F)F)cc2)c(NC(=O)CN2[C@@H](C(=O)O)CC[C@@H]2c2ccc(F)cc2)s1. The fraction of sp³-hybridized carbons (Fsp3) is 0.296. The number of likely N-dealkylation sites (tertiary alicyclic amines) is 1. The van der Waals surface area contributed by atoms with Gasteiger partial charge in [-0.1, -0.05) is 19.1 Å². The van der Waals surface area contributed by atoms with Crippen LogP contribution in [0.3, 0.4) is 0 Å². The number of aliphatic carboxylic acids is 1. The number of nitrogens with zero attached hydrogens (tertiary/aromatic N) is 1. The summed E-state index contributed by atoms with van der Waals surface area (Å²) in [5, 5.41) is 12.7. The van der Waals surface area contributed by atoms with Crippen LogP contribution in [-0.2, 0) is 16.0 Å². The molecule has 206 valence electrons. The normalized spacial score (nSPS) is 17.7. The maximum absolute atomic E-state index is 13.4. The molecule has 3 aromatic rings. The summed E-state index contributed by atoms with van der Waals surface area (Å²) in [5.74, 6) is -3.02. The van der Waals surface area contributed by atoms with Crippen molar-refractivity contribution in [3.8, 4) is 5.75 Å². The lowest BCUT2D eigenvalue weighted by Crippen LogP contribution is -2.42. The maximum atomic E-state index is 13.4. The first-order valence-corrected chi connectivity index (χ1v) is 12.8. The number of carbonyl (C=O) groups excluding carboxylic acids is 2. The van der Waals surface area contributed by atoms with Crippen molar-refractivity contribution < 1.29 is 41.8 Å². The quantitative estimate of drug-likeness (QED) is 0.252. The van der Waals surface area contributed by atoms with E-state index in [0.29, 0.717) is 24.8 Å². The molecule has 0 saturated carbocycles. The standard InChI is InChI=1S/C27H24F4N2O5S/c1-2-19-13-20(24(35)16-5-9-18(10-6-16)38-27(29,30)31)25(39-19)32-23(34)14-33-21(11-12-22(33)26(36)37)15-3-7-17(28)8-4-15/h3-10,13,21-22H,2,11-12,14H2,1H3,(H,32,34)(H,36,37)/t21-,22-/m1/s1. The lowest BCUT2D eigenvalue weighted by atomic mass is 10.0. The summed E-state index contributed by atoms with van der Waals surface area (Å²) in [6, 6.07) is 10.4. The van der Waals surface area contributed by atoms with E-state index in [2.05, 4.69) is 10.1 Å². The molecular weight excluding hydrogens is 540 g/mol. The first-order valence-electron chi connectivity index (χ1n) is 12.0. The van der Waals surface area contributed by atoms with E-state index in [-0.39, 0.29) is 22.7 Å². The van der Waals surface area contributed by atoms with Gasteiger partial charge in [-0.3, -0.25) is 19.3 Å². The van der Waals surface area contributed by atoms with E-state index >= 15 is 0 Å². The predicted octanol–water partition coefficient (Wildman–Crippen LogP) is 5.81. The molecule has 0 unspecified atom stereocenters. The molecule has 1 saturated heterocycles. The molecule has 0 spiro atoms. The third kappa shape index (κ3) is 6.82. The Balaban J connectivity index is 1.53. The molecule has 1 fully saturated rings. The second kappa shape index (κ2) is 11.5. The van der Waals surface area contributed by atoms with Crippen molar-refractivity contribution in [2.75, 3.05) is 11.9 Å². The van der Waals surface area contributed by atoms with Crippen LogP contribution in [0.15, 0.2) is 54.6 Å². The molecule has 0 bridgehead atoms. The Morgan fingerprint density at radius 1 is 1.08 bits per heavy atom. The lowest BCUT2D eigenvalue weighted by molar-refractivity contribution is -0.274. The molecule has 1 aliphatic rings. The molecule has 12 heteroatoms. The number of halogens is 4. The van der Waals surface area contributed by atoms with Crippen LogP contribution in [-0.4, -0.2) is 46.6 Å². The van der Waals surface area contributed by atoms with Gasteiger partial charge in [-0.2, -0.15) is 0 Å². The van der Waals surface area contributed by atoms with Gasteiger partial charge in [0.1, 0.15) is 22.6 Å². The smallest absolute Gasteiger partial charge is 0.480 e. The highest BCUT2D eigenvalue weighted by Gasteiger charge is 2.39. The minimum absolute atomic E-state index is 0.0994. The number of alkyl halides is 3. The summed E-state index contributed by atoms with van der Waals surface area (Å²) >= 11 is 1.18. The van der Waals surface area contributed by atoms with Gasteiger partial charge < -0.3 is 15.2 Å². The molecule has 2 aromatic carbocycles. The molecule has 1 aliphatic heterocycles. The molecule has 1 aromatic heterocycles. The molecule has 4 rings (SSSR count). The van der Waals surface area contributed by atoms with Gasteiger partial charge in [0.25, 0.3) is 0 Å². The van der Waals surface area contributed by atoms with Gasteiger partial charge in [0.2, 0.25) is 5.91 Å². The van der Waals surface area contributed by atoms with Gasteiger partial charge in [-0.25, -0.2) is 4.39 Å². The number of ether oxygens (including phenoxy) is 1. The van der Waals surface area contributed by atoms with Crippen LogP contribution in [0.2, 0.25) is 0 Å². The molecule has 39 heavy (non-hydrogen) atoms. The highest BCUT2D eigenvalue weighted by atomic mass is 32.1. The molecule has 0 radical (unpaired) electrons. The van der Waals surface area contributed by atoms with Gasteiger partial charge >= 0.3 is 12.3 Å². The van der Waals surface area contributed by atoms with E-state index < -0.39 is 47.7 Å². The average molecular weight is 565 g/mol. The summed E-state index contributed by atoms with van der Waals surface area (Å²) in [4.78, 5) is 40.5. The van der Waals surface area contributed by atoms with Crippen LogP contribution in [0, 0.1) is 5.82 Å². The fourth-order valence-electron chi connectivity index (χ4n) is 4.57. The number of aryl methyl sites for hydroxylation is 1. The van der Waals surface area contributed by atoms with E-state index in [1.807, 2.05) is 6.92 Å². The molecule has 1 amide bonds. The number of ketones is 1. The summed E-state index contributed by atoms with van der Waals surface area (Å²) in [5.41, 5.74) is 0.953. The van der Waals surface area contributed by atoms with Crippen molar-refractivity contribution in [1.29, 1.82) is 0 Å². The zero-order valence-corrected chi connectivity index (χ0v) is 21.4. The molecule has 2 heterocycles. The molecular formula is C27H24F4N2O5S. The van der Waals surface area contributed by atoms with E-state index in [1.54, 1.807) is 23.1 Å².